The quantitative estimate of drug-likeness (QED) is 0.437. The van der Waals surface area contributed by atoms with Gasteiger partial charge in [0.05, 0.1) is 24.7 Å². The Kier molecular flexibility index (Phi) is 6.22. The first-order valence-electron chi connectivity index (χ1n) is 8.84. The Morgan fingerprint density at radius 3 is 2.53 bits per heavy atom. The Hall–Kier alpha value is -3.59. The van der Waals surface area contributed by atoms with Crippen LogP contribution in [0.15, 0.2) is 41.2 Å². The minimum Gasteiger partial charge on any atom is -0.496 e. The number of carbonyl (C=O) groups excluding carboxylic acids is 1. The molecule has 156 valence electrons. The van der Waals surface area contributed by atoms with Crippen molar-refractivity contribution in [3.05, 3.63) is 73.0 Å². The third kappa shape index (κ3) is 4.20. The Balaban J connectivity index is 1.78. The molecule has 0 saturated heterocycles. The van der Waals surface area contributed by atoms with Gasteiger partial charge in [-0.05, 0) is 36.8 Å². The number of hydrogen-bond acceptors (Lipinski definition) is 6. The molecule has 2 N–H and O–H groups in total. The number of ether oxygens (including phenoxy) is 2. The molecule has 0 spiro atoms. The van der Waals surface area contributed by atoms with E-state index in [-0.39, 0.29) is 34.8 Å². The van der Waals surface area contributed by atoms with Crippen LogP contribution in [0.2, 0.25) is 5.02 Å². The van der Waals surface area contributed by atoms with E-state index in [1.165, 1.54) is 26.4 Å². The molecule has 10 heteroatoms. The largest absolute Gasteiger partial charge is 0.496 e. The lowest BCUT2D eigenvalue weighted by Crippen LogP contribution is -2.27. The van der Waals surface area contributed by atoms with Crippen molar-refractivity contribution in [3.8, 4) is 11.5 Å². The van der Waals surface area contributed by atoms with Gasteiger partial charge in [0.2, 0.25) is 0 Å². The average molecular weight is 432 g/mol. The summed E-state index contributed by atoms with van der Waals surface area (Å²) in [4.78, 5) is 37.9. The number of fused-ring (bicyclic) bond motifs is 1. The molecule has 9 nitrogen and oxygen atoms in total. The molecule has 0 unspecified atom stereocenters. The lowest BCUT2D eigenvalue weighted by atomic mass is 10.1. The van der Waals surface area contributed by atoms with E-state index in [1.807, 2.05) is 0 Å². The number of methoxy groups -OCH3 is 2. The molecule has 0 atom stereocenters. The van der Waals surface area contributed by atoms with Gasteiger partial charge in [-0.1, -0.05) is 11.6 Å². The summed E-state index contributed by atoms with van der Waals surface area (Å²) in [6.45, 7) is 0.149. The molecule has 1 heterocycles. The number of H-pyrrole nitrogens is 1. The fourth-order valence-electron chi connectivity index (χ4n) is 3.03. The Morgan fingerprint density at radius 2 is 1.87 bits per heavy atom. The van der Waals surface area contributed by atoms with E-state index in [1.54, 1.807) is 18.2 Å². The maximum atomic E-state index is 12.4. The van der Waals surface area contributed by atoms with E-state index in [0.29, 0.717) is 28.0 Å². The maximum absolute atomic E-state index is 12.4. The van der Waals surface area contributed by atoms with Crippen LogP contribution >= 0.6 is 11.6 Å². The summed E-state index contributed by atoms with van der Waals surface area (Å²) in [7, 11) is 3.03. The number of halogens is 1. The zero-order valence-electron chi connectivity index (χ0n) is 16.2. The fraction of sp³-hybridized carbons (Fsp3) is 0.200. The van der Waals surface area contributed by atoms with Gasteiger partial charge in [0.25, 0.3) is 17.2 Å². The average Bonchev–Trinajstić information content (AvgIpc) is 2.73. The van der Waals surface area contributed by atoms with Crippen LogP contribution in [0.25, 0.3) is 10.9 Å². The molecule has 3 rings (SSSR count). The number of nitrogens with zero attached hydrogens (tertiary/aromatic N) is 1. The number of amides is 1. The van der Waals surface area contributed by atoms with Crippen molar-refractivity contribution < 1.29 is 19.2 Å². The van der Waals surface area contributed by atoms with E-state index in [9.17, 15) is 19.7 Å². The van der Waals surface area contributed by atoms with Crippen molar-refractivity contribution in [2.24, 2.45) is 0 Å². The van der Waals surface area contributed by atoms with Crippen molar-refractivity contribution in [2.75, 3.05) is 20.8 Å². The van der Waals surface area contributed by atoms with Crippen LogP contribution in [-0.4, -0.2) is 36.6 Å². The minimum absolute atomic E-state index is 0.0522. The van der Waals surface area contributed by atoms with E-state index >= 15 is 0 Å². The van der Waals surface area contributed by atoms with Crippen LogP contribution in [-0.2, 0) is 6.42 Å². The third-order valence-corrected chi connectivity index (χ3v) is 4.86. The molecule has 0 bridgehead atoms. The zero-order chi connectivity index (χ0) is 21.8. The van der Waals surface area contributed by atoms with Crippen LogP contribution < -0.4 is 20.3 Å². The van der Waals surface area contributed by atoms with E-state index < -0.39 is 10.8 Å². The van der Waals surface area contributed by atoms with Crippen LogP contribution in [0, 0.1) is 10.1 Å². The number of aromatic amines is 1. The van der Waals surface area contributed by atoms with Crippen molar-refractivity contribution in [2.45, 2.75) is 6.42 Å². The lowest BCUT2D eigenvalue weighted by molar-refractivity contribution is -0.384. The second-order valence-corrected chi connectivity index (χ2v) is 6.72. The highest BCUT2D eigenvalue weighted by molar-refractivity contribution is 6.32. The van der Waals surface area contributed by atoms with Crippen molar-refractivity contribution in [1.82, 2.24) is 10.3 Å². The Bertz CT molecular complexity index is 1190. The number of nitrogens with one attached hydrogen (secondary N) is 2. The van der Waals surface area contributed by atoms with Crippen molar-refractivity contribution in [3.63, 3.8) is 0 Å². The highest BCUT2D eigenvalue weighted by atomic mass is 35.5. The van der Waals surface area contributed by atoms with Gasteiger partial charge >= 0.3 is 0 Å². The number of nitro benzene ring substituents is 1. The molecular formula is C20H18ClN3O6. The molecule has 0 fully saturated rings. The van der Waals surface area contributed by atoms with Crippen LogP contribution in [0.5, 0.6) is 11.5 Å². The lowest BCUT2D eigenvalue weighted by Gasteiger charge is -2.11. The van der Waals surface area contributed by atoms with E-state index in [4.69, 9.17) is 21.1 Å². The number of nitro groups is 1. The SMILES string of the molecule is COc1ccc(OC)c2[nH]c(=O)c(CCNC(=O)c3ccc(Cl)c([N+](=O)[O-])c3)cc12. The molecule has 30 heavy (non-hydrogen) atoms. The Labute approximate surface area is 175 Å². The highest BCUT2D eigenvalue weighted by Crippen LogP contribution is 2.31. The topological polar surface area (TPSA) is 124 Å². The van der Waals surface area contributed by atoms with Gasteiger partial charge in [-0.15, -0.1) is 0 Å². The standard InChI is InChI=1S/C20H18ClN3O6/c1-29-16-5-6-17(30-2)18-13(16)9-12(20(26)23-18)7-8-22-19(25)11-3-4-14(21)15(10-11)24(27)28/h3-6,9-10H,7-8H2,1-2H3,(H,22,25)(H,23,26). The number of pyridine rings is 1. The van der Waals surface area contributed by atoms with Gasteiger partial charge in [-0.25, -0.2) is 0 Å². The number of hydrogen-bond donors (Lipinski definition) is 2. The van der Waals surface area contributed by atoms with Gasteiger partial charge in [-0.3, -0.25) is 19.7 Å². The minimum atomic E-state index is -0.657. The van der Waals surface area contributed by atoms with Gasteiger partial charge in [0, 0.05) is 29.1 Å². The predicted molar refractivity (Wildman–Crippen MR) is 112 cm³/mol. The molecule has 1 amide bonds. The smallest absolute Gasteiger partial charge is 0.288 e. The summed E-state index contributed by atoms with van der Waals surface area (Å²) in [5.74, 6) is 0.569. The molecule has 3 aromatic rings. The first-order valence-corrected chi connectivity index (χ1v) is 9.22. The first kappa shape index (κ1) is 21.1. The number of carbonyl (C=O) groups is 1. The van der Waals surface area contributed by atoms with Crippen LogP contribution in [0.3, 0.4) is 0 Å². The summed E-state index contributed by atoms with van der Waals surface area (Å²) < 4.78 is 10.6. The second-order valence-electron chi connectivity index (χ2n) is 6.31. The van der Waals surface area contributed by atoms with E-state index in [2.05, 4.69) is 10.3 Å². The summed E-state index contributed by atoms with van der Waals surface area (Å²) in [6.07, 6.45) is 0.243. The highest BCUT2D eigenvalue weighted by Gasteiger charge is 2.16. The normalized spacial score (nSPS) is 10.6. The predicted octanol–water partition coefficient (Wildman–Crippen LogP) is 3.08. The van der Waals surface area contributed by atoms with Crippen LogP contribution in [0.4, 0.5) is 5.69 Å². The molecule has 0 radical (unpaired) electrons. The molecule has 0 saturated carbocycles. The van der Waals surface area contributed by atoms with E-state index in [0.717, 1.165) is 6.07 Å². The second kappa shape index (κ2) is 8.83. The number of benzene rings is 2. The third-order valence-electron chi connectivity index (χ3n) is 4.54. The summed E-state index contributed by atoms with van der Waals surface area (Å²) >= 11 is 5.76. The van der Waals surface area contributed by atoms with Gasteiger partial charge in [0.1, 0.15) is 16.5 Å². The maximum Gasteiger partial charge on any atom is 0.288 e. The van der Waals surface area contributed by atoms with Gasteiger partial charge < -0.3 is 19.8 Å². The van der Waals surface area contributed by atoms with Crippen molar-refractivity contribution in [1.29, 1.82) is 0 Å². The summed E-state index contributed by atoms with van der Waals surface area (Å²) in [5.41, 5.74) is 0.395. The van der Waals surface area contributed by atoms with Crippen molar-refractivity contribution >= 4 is 34.1 Å². The molecule has 2 aromatic carbocycles. The molecule has 0 aliphatic rings. The number of rotatable bonds is 7. The first-order chi connectivity index (χ1) is 14.3. The molecule has 0 aliphatic heterocycles. The monoisotopic (exact) mass is 431 g/mol. The summed E-state index contributed by atoms with van der Waals surface area (Å²) in [5, 5.41) is 14.2. The summed E-state index contributed by atoms with van der Waals surface area (Å²) in [6, 6.07) is 8.92. The fourth-order valence-corrected chi connectivity index (χ4v) is 3.21. The number of aromatic nitrogens is 1. The molecule has 0 aliphatic carbocycles. The van der Waals surface area contributed by atoms with Crippen LogP contribution in [0.1, 0.15) is 15.9 Å². The van der Waals surface area contributed by atoms with Gasteiger partial charge in [0.15, 0.2) is 0 Å². The molecular weight excluding hydrogens is 414 g/mol. The zero-order valence-corrected chi connectivity index (χ0v) is 16.9. The Morgan fingerprint density at radius 1 is 1.17 bits per heavy atom. The molecule has 1 aromatic heterocycles. The van der Waals surface area contributed by atoms with Gasteiger partial charge in [-0.2, -0.15) is 0 Å².